The molecule has 0 saturated heterocycles. The molecule has 3 nitrogen and oxygen atoms in total. The molecule has 0 unspecified atom stereocenters. The monoisotopic (exact) mass is 290 g/mol. The average molecular weight is 292 g/mol. The van der Waals surface area contributed by atoms with E-state index in [0.717, 1.165) is 4.47 Å². The number of hydrogen-bond donors (Lipinski definition) is 0. The van der Waals surface area contributed by atoms with Crippen LogP contribution in [0.1, 0.15) is 0 Å². The molecule has 0 bridgehead atoms. The summed E-state index contributed by atoms with van der Waals surface area (Å²) in [6, 6.07) is 5.38. The van der Waals surface area contributed by atoms with Gasteiger partial charge in [-0.1, -0.05) is 44.0 Å². The normalized spacial score (nSPS) is 10.1. The molecule has 0 aliphatic rings. The predicted octanol–water partition coefficient (Wildman–Crippen LogP) is 3.75. The summed E-state index contributed by atoms with van der Waals surface area (Å²) in [5.41, 5.74) is 1.60. The number of ether oxygens (including phenoxy) is 1. The minimum atomic E-state index is 0.477. The van der Waals surface area contributed by atoms with Gasteiger partial charge in [-0.25, -0.2) is 0 Å². The lowest BCUT2D eigenvalue weighted by Crippen LogP contribution is -1.84. The van der Waals surface area contributed by atoms with Crippen molar-refractivity contribution in [3.63, 3.8) is 0 Å². The van der Waals surface area contributed by atoms with E-state index in [0.29, 0.717) is 16.0 Å². The molecule has 1 heterocycles. The van der Waals surface area contributed by atoms with Crippen LogP contribution in [-0.2, 0) is 0 Å². The topological polar surface area (TPSA) is 35.0 Å². The van der Waals surface area contributed by atoms with Gasteiger partial charge in [0.15, 0.2) is 0 Å². The Balaban J connectivity index is 2.28. The van der Waals surface area contributed by atoms with Crippen molar-refractivity contribution >= 4 is 38.9 Å². The minimum absolute atomic E-state index is 0.477. The second kappa shape index (κ2) is 4.25. The second-order valence-corrected chi connectivity index (χ2v) is 4.50. The van der Waals surface area contributed by atoms with Gasteiger partial charge in [0.2, 0.25) is 0 Å². The molecule has 2 aromatic rings. The third kappa shape index (κ3) is 2.23. The van der Waals surface area contributed by atoms with Crippen LogP contribution in [0.2, 0.25) is 5.02 Å². The zero-order valence-corrected chi connectivity index (χ0v) is 9.93. The van der Waals surface area contributed by atoms with Gasteiger partial charge in [-0.05, 0) is 18.2 Å². The zero-order chi connectivity index (χ0) is 9.97. The van der Waals surface area contributed by atoms with Crippen molar-refractivity contribution in [2.24, 2.45) is 0 Å². The van der Waals surface area contributed by atoms with Crippen molar-refractivity contribution in [3.8, 4) is 10.9 Å². The van der Waals surface area contributed by atoms with Crippen molar-refractivity contribution in [1.29, 1.82) is 0 Å². The van der Waals surface area contributed by atoms with E-state index in [-0.39, 0.29) is 0 Å². The number of aromatic nitrogens is 2. The highest BCUT2D eigenvalue weighted by atomic mass is 79.9. The fraction of sp³-hybridized carbons (Fsp3) is 0. The number of rotatable bonds is 2. The number of hydrogen-bond acceptors (Lipinski definition) is 4. The molecule has 0 spiro atoms. The van der Waals surface area contributed by atoms with Crippen LogP contribution < -0.4 is 4.74 Å². The zero-order valence-electron chi connectivity index (χ0n) is 6.78. The van der Waals surface area contributed by atoms with Crippen LogP contribution in [0.15, 0.2) is 28.2 Å². The van der Waals surface area contributed by atoms with Gasteiger partial charge in [0.25, 0.3) is 5.19 Å². The van der Waals surface area contributed by atoms with Gasteiger partial charge in [0.05, 0.1) is 5.02 Å². The molecule has 0 amide bonds. The molecule has 0 aliphatic heterocycles. The first-order chi connectivity index (χ1) is 6.75. The van der Waals surface area contributed by atoms with E-state index in [1.54, 1.807) is 17.6 Å². The molecular weight excluding hydrogens is 288 g/mol. The minimum Gasteiger partial charge on any atom is -0.428 e. The van der Waals surface area contributed by atoms with E-state index in [1.165, 1.54) is 11.3 Å². The van der Waals surface area contributed by atoms with Crippen molar-refractivity contribution in [2.75, 3.05) is 0 Å². The summed E-state index contributed by atoms with van der Waals surface area (Å²) in [5, 5.41) is 8.44. The Morgan fingerprint density at radius 3 is 3.00 bits per heavy atom. The second-order valence-electron chi connectivity index (χ2n) is 2.38. The molecule has 1 aromatic carbocycles. The SMILES string of the molecule is Clc1ccc(Br)cc1Oc1nncs1. The molecule has 0 N–H and O–H groups in total. The number of halogens is 2. The van der Waals surface area contributed by atoms with E-state index >= 15 is 0 Å². The Bertz CT molecular complexity index is 435. The van der Waals surface area contributed by atoms with Crippen LogP contribution in [0.5, 0.6) is 10.9 Å². The number of benzene rings is 1. The fourth-order valence-corrected chi connectivity index (χ4v) is 1.77. The summed E-state index contributed by atoms with van der Waals surface area (Å²) in [4.78, 5) is 0. The van der Waals surface area contributed by atoms with Gasteiger partial charge in [-0.15, -0.1) is 5.10 Å². The highest BCUT2D eigenvalue weighted by molar-refractivity contribution is 9.10. The molecule has 0 atom stereocenters. The first kappa shape index (κ1) is 9.89. The Morgan fingerprint density at radius 2 is 2.29 bits per heavy atom. The van der Waals surface area contributed by atoms with Crippen molar-refractivity contribution in [2.45, 2.75) is 0 Å². The Morgan fingerprint density at radius 1 is 1.43 bits per heavy atom. The molecule has 72 valence electrons. The molecule has 0 aliphatic carbocycles. The van der Waals surface area contributed by atoms with Crippen LogP contribution >= 0.6 is 38.9 Å². The first-order valence-corrected chi connectivity index (χ1v) is 5.70. The van der Waals surface area contributed by atoms with Gasteiger partial charge in [0.1, 0.15) is 11.3 Å². The molecule has 1 aromatic heterocycles. The third-order valence-electron chi connectivity index (χ3n) is 1.43. The van der Waals surface area contributed by atoms with Gasteiger partial charge >= 0.3 is 0 Å². The van der Waals surface area contributed by atoms with E-state index in [1.807, 2.05) is 6.07 Å². The summed E-state index contributed by atoms with van der Waals surface area (Å²) in [6.07, 6.45) is 0. The van der Waals surface area contributed by atoms with Crippen LogP contribution in [0.4, 0.5) is 0 Å². The molecule has 0 fully saturated rings. The maximum Gasteiger partial charge on any atom is 0.299 e. The summed E-state index contributed by atoms with van der Waals surface area (Å²) in [5.74, 6) is 0.567. The van der Waals surface area contributed by atoms with E-state index in [4.69, 9.17) is 16.3 Å². The molecule has 2 rings (SSSR count). The first-order valence-electron chi connectivity index (χ1n) is 3.65. The average Bonchev–Trinajstić information content (AvgIpc) is 2.64. The van der Waals surface area contributed by atoms with Gasteiger partial charge in [-0.3, -0.25) is 0 Å². The smallest absolute Gasteiger partial charge is 0.299 e. The lowest BCUT2D eigenvalue weighted by Gasteiger charge is -2.03. The molecule has 0 saturated carbocycles. The summed E-state index contributed by atoms with van der Waals surface area (Å²) < 4.78 is 6.32. The lowest BCUT2D eigenvalue weighted by atomic mass is 10.3. The van der Waals surface area contributed by atoms with Crippen LogP contribution in [0.3, 0.4) is 0 Å². The fourth-order valence-electron chi connectivity index (χ4n) is 0.857. The Hall–Kier alpha value is -0.650. The van der Waals surface area contributed by atoms with Crippen molar-refractivity contribution < 1.29 is 4.74 Å². The van der Waals surface area contributed by atoms with E-state index in [2.05, 4.69) is 26.1 Å². The molecule has 0 radical (unpaired) electrons. The third-order valence-corrected chi connectivity index (χ3v) is 2.80. The highest BCUT2D eigenvalue weighted by Crippen LogP contribution is 2.32. The number of nitrogens with zero attached hydrogens (tertiary/aromatic N) is 2. The van der Waals surface area contributed by atoms with Crippen molar-refractivity contribution in [1.82, 2.24) is 10.2 Å². The molecule has 6 heteroatoms. The van der Waals surface area contributed by atoms with Crippen LogP contribution in [0.25, 0.3) is 0 Å². The van der Waals surface area contributed by atoms with Gasteiger partial charge in [0, 0.05) is 4.47 Å². The molecule has 14 heavy (non-hydrogen) atoms. The lowest BCUT2D eigenvalue weighted by molar-refractivity contribution is 0.473. The maximum atomic E-state index is 5.92. The highest BCUT2D eigenvalue weighted by Gasteiger charge is 2.05. The summed E-state index contributed by atoms with van der Waals surface area (Å²) in [6.45, 7) is 0. The van der Waals surface area contributed by atoms with Crippen LogP contribution in [0, 0.1) is 0 Å². The summed E-state index contributed by atoms with van der Waals surface area (Å²) >= 11 is 10.6. The van der Waals surface area contributed by atoms with Gasteiger partial charge < -0.3 is 4.74 Å². The quantitative estimate of drug-likeness (QED) is 0.845. The predicted molar refractivity (Wildman–Crippen MR) is 59.1 cm³/mol. The maximum absolute atomic E-state index is 5.92. The summed E-state index contributed by atoms with van der Waals surface area (Å²) in [7, 11) is 0. The van der Waals surface area contributed by atoms with E-state index in [9.17, 15) is 0 Å². The largest absolute Gasteiger partial charge is 0.428 e. The van der Waals surface area contributed by atoms with Gasteiger partial charge in [-0.2, -0.15) is 0 Å². The van der Waals surface area contributed by atoms with Crippen molar-refractivity contribution in [3.05, 3.63) is 33.2 Å². The Kier molecular flexibility index (Phi) is 3.00. The standard InChI is InChI=1S/C8H4BrClN2OS/c9-5-1-2-6(10)7(3-5)13-8-12-11-4-14-8/h1-4H. The van der Waals surface area contributed by atoms with Crippen LogP contribution in [-0.4, -0.2) is 10.2 Å². The Labute approximate surface area is 97.8 Å². The van der Waals surface area contributed by atoms with E-state index < -0.39 is 0 Å². The molecular formula is C8H4BrClN2OS.